The highest BCUT2D eigenvalue weighted by molar-refractivity contribution is 9.10. The van der Waals surface area contributed by atoms with Gasteiger partial charge in [-0.15, -0.1) is 0 Å². The molecule has 0 bridgehead atoms. The number of aliphatic carboxylic acids is 1. The first-order valence-corrected chi connectivity index (χ1v) is 4.18. The molecule has 0 radical (unpaired) electrons. The van der Waals surface area contributed by atoms with Crippen molar-refractivity contribution in [1.29, 1.82) is 0 Å². The van der Waals surface area contributed by atoms with Gasteiger partial charge in [0.15, 0.2) is 6.10 Å². The Kier molecular flexibility index (Phi) is 3.00. The van der Waals surface area contributed by atoms with Crippen LogP contribution in [0.1, 0.15) is 11.7 Å². The van der Waals surface area contributed by atoms with Crippen LogP contribution < -0.4 is 0 Å². The molecule has 1 aromatic carbocycles. The Hall–Kier alpha value is -0.940. The van der Waals surface area contributed by atoms with E-state index in [1.54, 1.807) is 0 Å². The Labute approximate surface area is 81.9 Å². The quantitative estimate of drug-likeness (QED) is 0.838. The third kappa shape index (κ3) is 2.05. The Balaban J connectivity index is 3.20. The summed E-state index contributed by atoms with van der Waals surface area (Å²) >= 11 is 2.95. The van der Waals surface area contributed by atoms with Crippen molar-refractivity contribution < 1.29 is 19.4 Å². The predicted molar refractivity (Wildman–Crippen MR) is 46.7 cm³/mol. The zero-order valence-electron chi connectivity index (χ0n) is 6.37. The fraction of sp³-hybridized carbons (Fsp3) is 0.125. The van der Waals surface area contributed by atoms with Crippen molar-refractivity contribution in [2.45, 2.75) is 6.10 Å². The van der Waals surface area contributed by atoms with E-state index in [4.69, 9.17) is 10.2 Å². The normalized spacial score (nSPS) is 12.5. The molecule has 0 saturated carbocycles. The summed E-state index contributed by atoms with van der Waals surface area (Å²) in [5.41, 5.74) is -0.255. The highest BCUT2D eigenvalue weighted by atomic mass is 79.9. The molecule has 2 N–H and O–H groups in total. The first-order chi connectivity index (χ1) is 6.04. The van der Waals surface area contributed by atoms with Gasteiger partial charge >= 0.3 is 5.97 Å². The molecule has 1 aromatic rings. The molecule has 0 aliphatic carbocycles. The van der Waals surface area contributed by atoms with E-state index in [0.717, 1.165) is 6.07 Å². The number of hydrogen-bond donors (Lipinski definition) is 2. The maximum absolute atomic E-state index is 13.0. The van der Waals surface area contributed by atoms with Gasteiger partial charge in [-0.2, -0.15) is 0 Å². The number of halogens is 2. The largest absolute Gasteiger partial charge is 0.479 e. The van der Waals surface area contributed by atoms with Crippen molar-refractivity contribution in [2.24, 2.45) is 0 Å². The van der Waals surface area contributed by atoms with Crippen LogP contribution in [0.15, 0.2) is 22.7 Å². The molecule has 3 nitrogen and oxygen atoms in total. The third-order valence-electron chi connectivity index (χ3n) is 1.51. The molecule has 0 saturated heterocycles. The highest BCUT2D eigenvalue weighted by Crippen LogP contribution is 2.26. The zero-order chi connectivity index (χ0) is 10.0. The number of carboxylic acid groups (broad SMARTS) is 1. The minimum atomic E-state index is -1.84. The second kappa shape index (κ2) is 3.85. The predicted octanol–water partition coefficient (Wildman–Crippen LogP) is 1.71. The smallest absolute Gasteiger partial charge is 0.337 e. The van der Waals surface area contributed by atoms with Gasteiger partial charge in [0, 0.05) is 10.0 Å². The Morgan fingerprint density at radius 1 is 1.54 bits per heavy atom. The maximum Gasteiger partial charge on any atom is 0.337 e. The van der Waals surface area contributed by atoms with Crippen LogP contribution in [0.5, 0.6) is 0 Å². The SMILES string of the molecule is O=C(O)[C@H](O)c1c(F)cccc1Br. The number of carbonyl (C=O) groups is 1. The van der Waals surface area contributed by atoms with Gasteiger partial charge in [-0.25, -0.2) is 9.18 Å². The number of carboxylic acids is 1. The van der Waals surface area contributed by atoms with E-state index in [1.807, 2.05) is 0 Å². The number of aliphatic hydroxyl groups is 1. The summed E-state index contributed by atoms with van der Waals surface area (Å²) in [5.74, 6) is -2.23. The van der Waals surface area contributed by atoms with Crippen LogP contribution in [-0.4, -0.2) is 16.2 Å². The molecule has 13 heavy (non-hydrogen) atoms. The molecule has 0 aliphatic heterocycles. The lowest BCUT2D eigenvalue weighted by molar-refractivity contribution is -0.147. The minimum absolute atomic E-state index is 0.238. The molecule has 0 spiro atoms. The van der Waals surface area contributed by atoms with Crippen LogP contribution in [0.4, 0.5) is 4.39 Å². The molecular formula is C8H6BrFO3. The molecule has 0 aromatic heterocycles. The van der Waals surface area contributed by atoms with Crippen molar-refractivity contribution in [3.63, 3.8) is 0 Å². The molecule has 0 fully saturated rings. The number of rotatable bonds is 2. The standard InChI is InChI=1S/C8H6BrFO3/c9-4-2-1-3-5(10)6(4)7(11)8(12)13/h1-3,7,11H,(H,12,13)/t7-/m1/s1. The van der Waals surface area contributed by atoms with Crippen LogP contribution in [-0.2, 0) is 4.79 Å². The van der Waals surface area contributed by atoms with Gasteiger partial charge in [0.05, 0.1) is 0 Å². The van der Waals surface area contributed by atoms with E-state index < -0.39 is 17.9 Å². The van der Waals surface area contributed by atoms with Crippen molar-refractivity contribution in [3.8, 4) is 0 Å². The zero-order valence-corrected chi connectivity index (χ0v) is 7.95. The van der Waals surface area contributed by atoms with Gasteiger partial charge in [-0.05, 0) is 12.1 Å². The second-order valence-electron chi connectivity index (χ2n) is 2.38. The molecule has 1 atom stereocenters. The summed E-state index contributed by atoms with van der Waals surface area (Å²) < 4.78 is 13.2. The Morgan fingerprint density at radius 3 is 2.62 bits per heavy atom. The van der Waals surface area contributed by atoms with Crippen LogP contribution in [0.3, 0.4) is 0 Å². The lowest BCUT2D eigenvalue weighted by atomic mass is 10.1. The average molecular weight is 249 g/mol. The van der Waals surface area contributed by atoms with Crippen molar-refractivity contribution in [1.82, 2.24) is 0 Å². The van der Waals surface area contributed by atoms with E-state index in [9.17, 15) is 9.18 Å². The third-order valence-corrected chi connectivity index (χ3v) is 2.20. The van der Waals surface area contributed by atoms with Crippen molar-refractivity contribution in [3.05, 3.63) is 34.1 Å². The molecule has 0 unspecified atom stereocenters. The van der Waals surface area contributed by atoms with E-state index in [1.165, 1.54) is 12.1 Å². The molecular weight excluding hydrogens is 243 g/mol. The lowest BCUT2D eigenvalue weighted by Gasteiger charge is -2.08. The van der Waals surface area contributed by atoms with E-state index in [-0.39, 0.29) is 10.0 Å². The average Bonchev–Trinajstić information content (AvgIpc) is 2.03. The first-order valence-electron chi connectivity index (χ1n) is 3.39. The number of hydrogen-bond acceptors (Lipinski definition) is 2. The van der Waals surface area contributed by atoms with Gasteiger partial charge in [0.25, 0.3) is 0 Å². The van der Waals surface area contributed by atoms with E-state index >= 15 is 0 Å². The van der Waals surface area contributed by atoms with Crippen LogP contribution in [0.2, 0.25) is 0 Å². The van der Waals surface area contributed by atoms with Crippen molar-refractivity contribution in [2.75, 3.05) is 0 Å². The van der Waals surface area contributed by atoms with Gasteiger partial charge in [0.2, 0.25) is 0 Å². The summed E-state index contributed by atoms with van der Waals surface area (Å²) in [6.45, 7) is 0. The second-order valence-corrected chi connectivity index (χ2v) is 3.23. The maximum atomic E-state index is 13.0. The van der Waals surface area contributed by atoms with Crippen LogP contribution in [0, 0.1) is 5.82 Å². The number of benzene rings is 1. The highest BCUT2D eigenvalue weighted by Gasteiger charge is 2.22. The summed E-state index contributed by atoms with van der Waals surface area (Å²) in [6.07, 6.45) is -1.84. The van der Waals surface area contributed by atoms with Gasteiger partial charge in [0.1, 0.15) is 5.82 Å². The topological polar surface area (TPSA) is 57.5 Å². The van der Waals surface area contributed by atoms with Crippen molar-refractivity contribution >= 4 is 21.9 Å². The Bertz CT molecular complexity index is 320. The molecule has 1 rings (SSSR count). The van der Waals surface area contributed by atoms with Gasteiger partial charge in [-0.3, -0.25) is 0 Å². The fourth-order valence-electron chi connectivity index (χ4n) is 0.895. The first kappa shape index (κ1) is 10.1. The van der Waals surface area contributed by atoms with Crippen LogP contribution >= 0.6 is 15.9 Å². The van der Waals surface area contributed by atoms with E-state index in [0.29, 0.717) is 0 Å². The molecule has 70 valence electrons. The Morgan fingerprint density at radius 2 is 2.15 bits per heavy atom. The molecule has 0 aliphatic rings. The van der Waals surface area contributed by atoms with Gasteiger partial charge in [-0.1, -0.05) is 22.0 Å². The van der Waals surface area contributed by atoms with Crippen LogP contribution in [0.25, 0.3) is 0 Å². The summed E-state index contributed by atoms with van der Waals surface area (Å²) in [4.78, 5) is 10.4. The minimum Gasteiger partial charge on any atom is -0.479 e. The molecule has 0 amide bonds. The summed E-state index contributed by atoms with van der Waals surface area (Å²) in [7, 11) is 0. The number of aliphatic hydroxyl groups excluding tert-OH is 1. The monoisotopic (exact) mass is 248 g/mol. The van der Waals surface area contributed by atoms with Gasteiger partial charge < -0.3 is 10.2 Å². The van der Waals surface area contributed by atoms with E-state index in [2.05, 4.69) is 15.9 Å². The molecule has 0 heterocycles. The molecule has 5 heteroatoms. The lowest BCUT2D eigenvalue weighted by Crippen LogP contribution is -2.12. The fourth-order valence-corrected chi connectivity index (χ4v) is 1.45. The summed E-state index contributed by atoms with van der Waals surface area (Å²) in [6, 6.07) is 3.97. The summed E-state index contributed by atoms with van der Waals surface area (Å²) in [5, 5.41) is 17.5.